The molecule has 0 bridgehead atoms. The molecule has 2 aromatic rings. The van der Waals surface area contributed by atoms with E-state index in [1.807, 2.05) is 20.8 Å². The van der Waals surface area contributed by atoms with Crippen LogP contribution in [0.4, 0.5) is 5.82 Å². The average Bonchev–Trinajstić information content (AvgIpc) is 2.79. The van der Waals surface area contributed by atoms with E-state index in [1.165, 1.54) is 0 Å². The Kier molecular flexibility index (Phi) is 4.57. The molecule has 0 amide bonds. The molecule has 0 saturated carbocycles. The van der Waals surface area contributed by atoms with Gasteiger partial charge in [0, 0.05) is 11.8 Å². The van der Waals surface area contributed by atoms with Crippen LogP contribution in [-0.4, -0.2) is 22.7 Å². The third-order valence-electron chi connectivity index (χ3n) is 3.18. The highest BCUT2D eigenvalue weighted by Gasteiger charge is 2.20. The smallest absolute Gasteiger partial charge is 0.341 e. The summed E-state index contributed by atoms with van der Waals surface area (Å²) in [5.74, 6) is 0.851. The number of esters is 1. The number of aryl methyl sites for hydroxylation is 2. The molecule has 2 aromatic heterocycles. The second-order valence-electron chi connectivity index (χ2n) is 4.72. The van der Waals surface area contributed by atoms with Crippen molar-refractivity contribution < 1.29 is 14.1 Å². The standard InChI is InChI=1S/C15H19N3O3/c1-5-20-15(19)12-7-6-8-16-14(12)17-9(2)13-10(3)18-21-11(13)4/h6-9H,5H2,1-4H3,(H,16,17). The summed E-state index contributed by atoms with van der Waals surface area (Å²) in [6, 6.07) is 3.31. The van der Waals surface area contributed by atoms with E-state index in [1.54, 1.807) is 25.3 Å². The van der Waals surface area contributed by atoms with E-state index in [-0.39, 0.29) is 12.0 Å². The molecule has 21 heavy (non-hydrogen) atoms. The van der Waals surface area contributed by atoms with Gasteiger partial charge in [-0.15, -0.1) is 0 Å². The first-order valence-electron chi connectivity index (χ1n) is 6.86. The third-order valence-corrected chi connectivity index (χ3v) is 3.18. The molecule has 0 fully saturated rings. The number of rotatable bonds is 5. The Bertz CT molecular complexity index is 617. The maximum Gasteiger partial charge on any atom is 0.341 e. The van der Waals surface area contributed by atoms with Gasteiger partial charge in [0.15, 0.2) is 0 Å². The lowest BCUT2D eigenvalue weighted by Crippen LogP contribution is -2.14. The number of carbonyl (C=O) groups excluding carboxylic acids is 1. The summed E-state index contributed by atoms with van der Waals surface area (Å²) in [6.45, 7) is 7.81. The number of ether oxygens (including phenoxy) is 1. The molecule has 0 aliphatic heterocycles. The van der Waals surface area contributed by atoms with E-state index in [0.717, 1.165) is 17.0 Å². The Morgan fingerprint density at radius 3 is 2.86 bits per heavy atom. The van der Waals surface area contributed by atoms with Gasteiger partial charge in [0.1, 0.15) is 17.1 Å². The minimum atomic E-state index is -0.390. The van der Waals surface area contributed by atoms with Crippen LogP contribution in [0.2, 0.25) is 0 Å². The van der Waals surface area contributed by atoms with E-state index in [2.05, 4.69) is 15.5 Å². The fourth-order valence-corrected chi connectivity index (χ4v) is 2.28. The topological polar surface area (TPSA) is 77.2 Å². The summed E-state index contributed by atoms with van der Waals surface area (Å²) in [5.41, 5.74) is 2.20. The molecule has 0 aromatic carbocycles. The van der Waals surface area contributed by atoms with Gasteiger partial charge in [0.05, 0.1) is 18.3 Å². The van der Waals surface area contributed by atoms with Crippen molar-refractivity contribution in [3.8, 4) is 0 Å². The van der Waals surface area contributed by atoms with Crippen LogP contribution in [-0.2, 0) is 4.74 Å². The summed E-state index contributed by atoms with van der Waals surface area (Å²) >= 11 is 0. The molecule has 112 valence electrons. The predicted molar refractivity (Wildman–Crippen MR) is 78.2 cm³/mol. The second kappa shape index (κ2) is 6.39. The van der Waals surface area contributed by atoms with Crippen molar-refractivity contribution in [2.45, 2.75) is 33.7 Å². The van der Waals surface area contributed by atoms with Crippen LogP contribution >= 0.6 is 0 Å². The molecular formula is C15H19N3O3. The van der Waals surface area contributed by atoms with Crippen LogP contribution < -0.4 is 5.32 Å². The minimum Gasteiger partial charge on any atom is -0.462 e. The quantitative estimate of drug-likeness (QED) is 0.852. The minimum absolute atomic E-state index is 0.0840. The van der Waals surface area contributed by atoms with Crippen LogP contribution in [0.25, 0.3) is 0 Å². The largest absolute Gasteiger partial charge is 0.462 e. The molecule has 2 heterocycles. The molecule has 0 aliphatic rings. The zero-order chi connectivity index (χ0) is 15.4. The SMILES string of the molecule is CCOC(=O)c1cccnc1NC(C)c1c(C)noc1C. The summed E-state index contributed by atoms with van der Waals surface area (Å²) in [7, 11) is 0. The lowest BCUT2D eigenvalue weighted by atomic mass is 10.1. The predicted octanol–water partition coefficient (Wildman–Crippen LogP) is 3.04. The van der Waals surface area contributed by atoms with Gasteiger partial charge < -0.3 is 14.6 Å². The first-order chi connectivity index (χ1) is 10.0. The van der Waals surface area contributed by atoms with Crippen LogP contribution in [0.15, 0.2) is 22.9 Å². The normalized spacial score (nSPS) is 12.0. The van der Waals surface area contributed by atoms with Crippen molar-refractivity contribution in [1.29, 1.82) is 0 Å². The van der Waals surface area contributed by atoms with Gasteiger partial charge in [0.25, 0.3) is 0 Å². The average molecular weight is 289 g/mol. The van der Waals surface area contributed by atoms with Crippen molar-refractivity contribution in [3.05, 3.63) is 40.9 Å². The van der Waals surface area contributed by atoms with Crippen LogP contribution in [0.1, 0.15) is 47.3 Å². The molecule has 1 N–H and O–H groups in total. The first-order valence-corrected chi connectivity index (χ1v) is 6.86. The van der Waals surface area contributed by atoms with Crippen LogP contribution in [0.5, 0.6) is 0 Å². The Balaban J connectivity index is 2.26. The van der Waals surface area contributed by atoms with Gasteiger partial charge in [-0.25, -0.2) is 9.78 Å². The number of nitrogens with one attached hydrogen (secondary N) is 1. The molecule has 6 nitrogen and oxygen atoms in total. The fraction of sp³-hybridized carbons (Fsp3) is 0.400. The molecule has 1 unspecified atom stereocenters. The lowest BCUT2D eigenvalue weighted by Gasteiger charge is -2.16. The van der Waals surface area contributed by atoms with E-state index in [9.17, 15) is 4.79 Å². The Morgan fingerprint density at radius 2 is 2.24 bits per heavy atom. The van der Waals surface area contributed by atoms with E-state index in [4.69, 9.17) is 9.26 Å². The summed E-state index contributed by atoms with van der Waals surface area (Å²) in [6.07, 6.45) is 1.63. The number of pyridine rings is 1. The van der Waals surface area contributed by atoms with Crippen molar-refractivity contribution in [2.24, 2.45) is 0 Å². The summed E-state index contributed by atoms with van der Waals surface area (Å²) in [5, 5.41) is 7.16. The van der Waals surface area contributed by atoms with E-state index >= 15 is 0 Å². The molecule has 2 rings (SSSR count). The molecular weight excluding hydrogens is 270 g/mol. The maximum absolute atomic E-state index is 11.9. The monoisotopic (exact) mass is 289 g/mol. The van der Waals surface area contributed by atoms with Crippen molar-refractivity contribution >= 4 is 11.8 Å². The Labute approximate surface area is 123 Å². The molecule has 1 atom stereocenters. The second-order valence-corrected chi connectivity index (χ2v) is 4.72. The number of aromatic nitrogens is 2. The van der Waals surface area contributed by atoms with Gasteiger partial charge >= 0.3 is 5.97 Å². The molecule has 6 heteroatoms. The van der Waals surface area contributed by atoms with Crippen LogP contribution in [0.3, 0.4) is 0 Å². The molecule has 0 saturated heterocycles. The third kappa shape index (κ3) is 3.21. The van der Waals surface area contributed by atoms with Gasteiger partial charge in [-0.1, -0.05) is 5.16 Å². The number of carbonyl (C=O) groups is 1. The van der Waals surface area contributed by atoms with E-state index in [0.29, 0.717) is 18.0 Å². The van der Waals surface area contributed by atoms with Gasteiger partial charge in [0.2, 0.25) is 0 Å². The zero-order valence-corrected chi connectivity index (χ0v) is 12.6. The molecule has 0 radical (unpaired) electrons. The highest BCUT2D eigenvalue weighted by atomic mass is 16.5. The number of hydrogen-bond acceptors (Lipinski definition) is 6. The zero-order valence-electron chi connectivity index (χ0n) is 12.6. The van der Waals surface area contributed by atoms with Crippen LogP contribution in [0, 0.1) is 13.8 Å². The van der Waals surface area contributed by atoms with E-state index < -0.39 is 0 Å². The van der Waals surface area contributed by atoms with Crippen molar-refractivity contribution in [2.75, 3.05) is 11.9 Å². The summed E-state index contributed by atoms with van der Waals surface area (Å²) in [4.78, 5) is 16.2. The lowest BCUT2D eigenvalue weighted by molar-refractivity contribution is 0.0527. The highest BCUT2D eigenvalue weighted by molar-refractivity contribution is 5.94. The van der Waals surface area contributed by atoms with Crippen molar-refractivity contribution in [1.82, 2.24) is 10.1 Å². The Morgan fingerprint density at radius 1 is 1.48 bits per heavy atom. The number of hydrogen-bond donors (Lipinski definition) is 1. The highest BCUT2D eigenvalue weighted by Crippen LogP contribution is 2.25. The molecule has 0 aliphatic carbocycles. The number of nitrogens with zero attached hydrogens (tertiary/aromatic N) is 2. The first kappa shape index (κ1) is 15.0. The van der Waals surface area contributed by atoms with Crippen molar-refractivity contribution in [3.63, 3.8) is 0 Å². The number of anilines is 1. The van der Waals surface area contributed by atoms with Gasteiger partial charge in [-0.3, -0.25) is 0 Å². The molecule has 0 spiro atoms. The fourth-order valence-electron chi connectivity index (χ4n) is 2.28. The Hall–Kier alpha value is -2.37. The maximum atomic E-state index is 11.9. The van der Waals surface area contributed by atoms with Gasteiger partial charge in [-0.2, -0.15) is 0 Å². The van der Waals surface area contributed by atoms with Gasteiger partial charge in [-0.05, 0) is 39.8 Å². The summed E-state index contributed by atoms with van der Waals surface area (Å²) < 4.78 is 10.2.